The van der Waals surface area contributed by atoms with Gasteiger partial charge in [-0.2, -0.15) is 0 Å². The van der Waals surface area contributed by atoms with Crippen molar-refractivity contribution in [2.45, 2.75) is 0 Å². The highest BCUT2D eigenvalue weighted by Gasteiger charge is 2.29. The van der Waals surface area contributed by atoms with Crippen molar-refractivity contribution in [3.8, 4) is 10.4 Å². The minimum atomic E-state index is -4.46. The number of para-hydroxylation sites is 2. The number of phosphoric ester groups is 1. The third-order valence-corrected chi connectivity index (χ3v) is 6.10. The summed E-state index contributed by atoms with van der Waals surface area (Å²) in [6.45, 7) is 0. The van der Waals surface area contributed by atoms with Gasteiger partial charge in [0.25, 0.3) is 10.4 Å². The third-order valence-electron chi connectivity index (χ3n) is 3.25. The quantitative estimate of drug-likeness (QED) is 0.353. The zero-order valence-corrected chi connectivity index (χ0v) is 15.0. The smallest absolute Gasteiger partial charge is 0.397 e. The van der Waals surface area contributed by atoms with Gasteiger partial charge in [0.15, 0.2) is 0 Å². The van der Waals surface area contributed by atoms with Crippen molar-refractivity contribution >= 4 is 62.3 Å². The Labute approximate surface area is 149 Å². The molecule has 0 fully saturated rings. The predicted octanol–water partition coefficient (Wildman–Crippen LogP) is 3.63. The lowest BCUT2D eigenvalue weighted by Gasteiger charge is -2.08. The Balaban J connectivity index is 1.60. The first kappa shape index (κ1) is 16.1. The van der Waals surface area contributed by atoms with Crippen molar-refractivity contribution in [3.05, 3.63) is 36.4 Å². The number of nitrogens with two attached hydrogens (primary N) is 2. The number of rotatable bonds is 4. The van der Waals surface area contributed by atoms with Crippen molar-refractivity contribution in [3.63, 3.8) is 0 Å². The van der Waals surface area contributed by atoms with Crippen LogP contribution in [0.3, 0.4) is 0 Å². The molecule has 5 N–H and O–H groups in total. The van der Waals surface area contributed by atoms with E-state index in [4.69, 9.17) is 20.5 Å². The van der Waals surface area contributed by atoms with Gasteiger partial charge >= 0.3 is 7.82 Å². The maximum Gasteiger partial charge on any atom is 0.588 e. The van der Waals surface area contributed by atoms with Crippen LogP contribution in [0.5, 0.6) is 10.4 Å². The molecule has 0 unspecified atom stereocenters. The average Bonchev–Trinajstić information content (AvgIpc) is 3.11. The second kappa shape index (κ2) is 5.85. The van der Waals surface area contributed by atoms with E-state index >= 15 is 0 Å². The van der Waals surface area contributed by atoms with Crippen LogP contribution in [0.25, 0.3) is 20.4 Å². The van der Waals surface area contributed by atoms with Crippen molar-refractivity contribution in [2.75, 3.05) is 11.5 Å². The van der Waals surface area contributed by atoms with Gasteiger partial charge in [-0.1, -0.05) is 34.8 Å². The predicted molar refractivity (Wildman–Crippen MR) is 99.1 cm³/mol. The number of fused-ring (bicyclic) bond motifs is 2. The number of hydrogen-bond acceptors (Lipinski definition) is 9. The summed E-state index contributed by atoms with van der Waals surface area (Å²) in [4.78, 5) is 18.2. The number of hydrogen-bond donors (Lipinski definition) is 3. The van der Waals surface area contributed by atoms with E-state index in [2.05, 4.69) is 9.97 Å². The molecule has 0 atom stereocenters. The molecule has 0 bridgehead atoms. The van der Waals surface area contributed by atoms with Gasteiger partial charge in [0.1, 0.15) is 11.0 Å². The Kier molecular flexibility index (Phi) is 3.77. The molecule has 2 aromatic carbocycles. The van der Waals surface area contributed by atoms with E-state index in [9.17, 15) is 9.46 Å². The summed E-state index contributed by atoms with van der Waals surface area (Å²) in [5.41, 5.74) is 13.6. The molecule has 2 heterocycles. The van der Waals surface area contributed by atoms with Gasteiger partial charge in [-0.3, -0.25) is 4.89 Å². The van der Waals surface area contributed by atoms with Gasteiger partial charge in [-0.05, 0) is 24.3 Å². The Morgan fingerprint density at radius 1 is 0.880 bits per heavy atom. The molecule has 0 spiro atoms. The highest BCUT2D eigenvalue weighted by Crippen LogP contribution is 2.48. The first-order chi connectivity index (χ1) is 11.9. The molecule has 0 aliphatic rings. The van der Waals surface area contributed by atoms with Crippen LogP contribution in [0.2, 0.25) is 0 Å². The minimum Gasteiger partial charge on any atom is -0.397 e. The largest absolute Gasteiger partial charge is 0.588 e. The van der Waals surface area contributed by atoms with Gasteiger partial charge in [0, 0.05) is 0 Å². The number of phosphoric acid groups is 1. The first-order valence-electron chi connectivity index (χ1n) is 6.93. The summed E-state index contributed by atoms with van der Waals surface area (Å²) in [6.07, 6.45) is 0. The molecular formula is C14H11N4O4PS2. The molecule has 0 aliphatic carbocycles. The van der Waals surface area contributed by atoms with Crippen LogP contribution < -0.4 is 20.5 Å². The SMILES string of the molecule is Nc1cccc2sc(OP(=O)(O)Oc3nc4c(N)cccc4s3)nc12. The molecule has 11 heteroatoms. The van der Waals surface area contributed by atoms with Crippen LogP contribution in [0.4, 0.5) is 11.4 Å². The summed E-state index contributed by atoms with van der Waals surface area (Å²) >= 11 is 2.19. The zero-order chi connectivity index (χ0) is 17.6. The summed E-state index contributed by atoms with van der Waals surface area (Å²) in [7, 11) is -4.46. The number of aromatic nitrogens is 2. The maximum atomic E-state index is 12.3. The number of nitrogen functional groups attached to an aromatic ring is 2. The molecular weight excluding hydrogens is 383 g/mol. The van der Waals surface area contributed by atoms with Crippen LogP contribution in [0.1, 0.15) is 0 Å². The van der Waals surface area contributed by atoms with Gasteiger partial charge in [-0.15, -0.1) is 0 Å². The van der Waals surface area contributed by atoms with E-state index in [0.717, 1.165) is 32.1 Å². The second-order valence-corrected chi connectivity index (χ2v) is 8.29. The number of anilines is 2. The number of nitrogens with zero attached hydrogens (tertiary/aromatic N) is 2. The van der Waals surface area contributed by atoms with Gasteiger partial charge < -0.3 is 20.5 Å². The number of benzene rings is 2. The molecule has 4 aromatic rings. The summed E-state index contributed by atoms with van der Waals surface area (Å²) in [6, 6.07) is 10.5. The molecule has 0 radical (unpaired) electrons. The Hall–Kier alpha value is -2.39. The number of thiazole rings is 2. The summed E-state index contributed by atoms with van der Waals surface area (Å²) in [5, 5.41) is -0.0290. The molecule has 2 aromatic heterocycles. The molecule has 0 aliphatic heterocycles. The molecule has 128 valence electrons. The van der Waals surface area contributed by atoms with E-state index in [1.165, 1.54) is 0 Å². The van der Waals surface area contributed by atoms with Crippen LogP contribution in [0.15, 0.2) is 36.4 Å². The monoisotopic (exact) mass is 394 g/mol. The lowest BCUT2D eigenvalue weighted by Crippen LogP contribution is -1.99. The van der Waals surface area contributed by atoms with E-state index in [1.807, 2.05) is 0 Å². The highest BCUT2D eigenvalue weighted by molar-refractivity contribution is 7.49. The maximum absolute atomic E-state index is 12.3. The first-order valence-corrected chi connectivity index (χ1v) is 10.1. The molecule has 0 saturated carbocycles. The van der Waals surface area contributed by atoms with Crippen LogP contribution in [-0.2, 0) is 4.57 Å². The van der Waals surface area contributed by atoms with Crippen LogP contribution in [-0.4, -0.2) is 14.9 Å². The Morgan fingerprint density at radius 2 is 1.32 bits per heavy atom. The topological polar surface area (TPSA) is 134 Å². The Bertz CT molecular complexity index is 1060. The average molecular weight is 394 g/mol. The minimum absolute atomic E-state index is 0.0145. The lowest BCUT2D eigenvalue weighted by atomic mass is 10.3. The van der Waals surface area contributed by atoms with Crippen molar-refractivity contribution < 1.29 is 18.5 Å². The fourth-order valence-electron chi connectivity index (χ4n) is 2.19. The molecule has 25 heavy (non-hydrogen) atoms. The fraction of sp³-hybridized carbons (Fsp3) is 0. The standard InChI is InChI=1S/C14H11N4O4PS2/c15-7-3-1-5-9-11(7)17-13(24-9)21-23(19,20)22-14-18-12-8(16)4-2-6-10(12)25-14/h1-6H,15-16H2,(H,19,20). The summed E-state index contributed by atoms with van der Waals surface area (Å²) in [5.74, 6) is 0. The zero-order valence-electron chi connectivity index (χ0n) is 12.4. The van der Waals surface area contributed by atoms with Gasteiger partial charge in [0.05, 0.1) is 20.8 Å². The van der Waals surface area contributed by atoms with E-state index in [0.29, 0.717) is 22.4 Å². The van der Waals surface area contributed by atoms with Gasteiger partial charge in [-0.25, -0.2) is 14.5 Å². The molecule has 8 nitrogen and oxygen atoms in total. The molecule has 0 saturated heterocycles. The van der Waals surface area contributed by atoms with Crippen molar-refractivity contribution in [1.82, 2.24) is 9.97 Å². The fourth-order valence-corrected chi connectivity index (χ4v) is 5.03. The van der Waals surface area contributed by atoms with Crippen molar-refractivity contribution in [2.24, 2.45) is 0 Å². The normalized spacial score (nSPS) is 11.9. The second-order valence-electron chi connectivity index (χ2n) is 5.00. The van der Waals surface area contributed by atoms with Crippen LogP contribution in [0, 0.1) is 0 Å². The van der Waals surface area contributed by atoms with Gasteiger partial charge in [0.2, 0.25) is 0 Å². The molecule has 0 amide bonds. The van der Waals surface area contributed by atoms with E-state index in [-0.39, 0.29) is 10.4 Å². The van der Waals surface area contributed by atoms with E-state index < -0.39 is 7.82 Å². The third kappa shape index (κ3) is 3.12. The Morgan fingerprint density at radius 3 is 1.72 bits per heavy atom. The van der Waals surface area contributed by atoms with Crippen molar-refractivity contribution in [1.29, 1.82) is 0 Å². The van der Waals surface area contributed by atoms with E-state index in [1.54, 1.807) is 36.4 Å². The summed E-state index contributed by atoms with van der Waals surface area (Å²) < 4.78 is 23.8. The lowest BCUT2D eigenvalue weighted by molar-refractivity contribution is 0.290. The highest BCUT2D eigenvalue weighted by atomic mass is 32.1. The molecule has 4 rings (SSSR count). The van der Waals surface area contributed by atoms with Crippen LogP contribution >= 0.6 is 30.5 Å².